The first-order valence-electron chi connectivity index (χ1n) is 13.0. The standard InChI is InChI=1S/C32H33ClN2O3/c1-32(2,25-8-4-3-5-9-25)26-11-13-28(14-12-26)37-23-29-15-16-30(38-29)31(36)35-19-17-34(18-20-35)22-24-7-6-10-27(33)21-24/h3-16,21H,17-20,22-23H2,1-2H3. The number of carbonyl (C=O) groups is 1. The Balaban J connectivity index is 1.12. The molecule has 0 unspecified atom stereocenters. The summed E-state index contributed by atoms with van der Waals surface area (Å²) in [6.45, 7) is 8.49. The summed E-state index contributed by atoms with van der Waals surface area (Å²) in [5.74, 6) is 1.66. The molecule has 0 aliphatic carbocycles. The van der Waals surface area contributed by atoms with Crippen molar-refractivity contribution in [1.29, 1.82) is 0 Å². The largest absolute Gasteiger partial charge is 0.486 e. The smallest absolute Gasteiger partial charge is 0.289 e. The van der Waals surface area contributed by atoms with Crippen LogP contribution in [0.3, 0.4) is 0 Å². The maximum Gasteiger partial charge on any atom is 0.289 e. The number of halogens is 1. The maximum atomic E-state index is 13.0. The van der Waals surface area contributed by atoms with E-state index in [0.29, 0.717) is 24.6 Å². The molecule has 1 fully saturated rings. The number of benzene rings is 3. The minimum absolute atomic E-state index is 0.0776. The first kappa shape index (κ1) is 26.1. The van der Waals surface area contributed by atoms with Gasteiger partial charge < -0.3 is 14.1 Å². The Morgan fingerprint density at radius 1 is 0.868 bits per heavy atom. The molecule has 0 spiro atoms. The van der Waals surface area contributed by atoms with Gasteiger partial charge in [0.2, 0.25) is 0 Å². The van der Waals surface area contributed by atoms with Crippen LogP contribution < -0.4 is 4.74 Å². The van der Waals surface area contributed by atoms with E-state index in [1.807, 2.05) is 47.4 Å². The van der Waals surface area contributed by atoms with E-state index >= 15 is 0 Å². The lowest BCUT2D eigenvalue weighted by Gasteiger charge is -2.34. The summed E-state index contributed by atoms with van der Waals surface area (Å²) in [5, 5.41) is 0.748. The second-order valence-electron chi connectivity index (χ2n) is 10.3. The molecule has 0 N–H and O–H groups in total. The van der Waals surface area contributed by atoms with E-state index in [9.17, 15) is 4.79 Å². The number of amides is 1. The van der Waals surface area contributed by atoms with Crippen LogP contribution in [0.25, 0.3) is 0 Å². The minimum Gasteiger partial charge on any atom is -0.486 e. The third kappa shape index (κ3) is 6.12. The average molecular weight is 529 g/mol. The van der Waals surface area contributed by atoms with Gasteiger partial charge in [0.25, 0.3) is 5.91 Å². The minimum atomic E-state index is -0.100. The van der Waals surface area contributed by atoms with E-state index in [2.05, 4.69) is 61.2 Å². The highest BCUT2D eigenvalue weighted by Crippen LogP contribution is 2.32. The fourth-order valence-electron chi connectivity index (χ4n) is 4.87. The Morgan fingerprint density at radius 3 is 2.29 bits per heavy atom. The highest BCUT2D eigenvalue weighted by Gasteiger charge is 2.25. The van der Waals surface area contributed by atoms with Gasteiger partial charge in [0.1, 0.15) is 18.1 Å². The van der Waals surface area contributed by atoms with Gasteiger partial charge in [-0.2, -0.15) is 0 Å². The van der Waals surface area contributed by atoms with Crippen LogP contribution in [0.4, 0.5) is 0 Å². The average Bonchev–Trinajstić information content (AvgIpc) is 3.42. The summed E-state index contributed by atoms with van der Waals surface area (Å²) in [7, 11) is 0. The van der Waals surface area contributed by atoms with Gasteiger partial charge in [-0.25, -0.2) is 0 Å². The Labute approximate surface area is 229 Å². The zero-order valence-electron chi connectivity index (χ0n) is 21.9. The lowest BCUT2D eigenvalue weighted by molar-refractivity contribution is 0.0594. The molecule has 1 aromatic heterocycles. The van der Waals surface area contributed by atoms with Gasteiger partial charge in [0.05, 0.1) is 0 Å². The highest BCUT2D eigenvalue weighted by molar-refractivity contribution is 6.30. The molecule has 1 aliphatic heterocycles. The topological polar surface area (TPSA) is 45.9 Å². The number of hydrogen-bond donors (Lipinski definition) is 0. The van der Waals surface area contributed by atoms with Crippen LogP contribution in [0.15, 0.2) is 95.4 Å². The monoisotopic (exact) mass is 528 g/mol. The van der Waals surface area contributed by atoms with Crippen molar-refractivity contribution in [3.63, 3.8) is 0 Å². The van der Waals surface area contributed by atoms with Crippen LogP contribution in [0.5, 0.6) is 5.75 Å². The molecule has 2 heterocycles. The number of piperazine rings is 1. The number of carbonyl (C=O) groups excluding carboxylic acids is 1. The SMILES string of the molecule is CC(C)(c1ccccc1)c1ccc(OCc2ccc(C(=O)N3CCN(Cc4cccc(Cl)c4)CC3)o2)cc1. The fourth-order valence-corrected chi connectivity index (χ4v) is 5.09. The molecule has 196 valence electrons. The van der Waals surface area contributed by atoms with Gasteiger partial charge in [-0.05, 0) is 53.1 Å². The van der Waals surface area contributed by atoms with Crippen LogP contribution in [-0.4, -0.2) is 41.9 Å². The molecule has 0 atom stereocenters. The third-order valence-corrected chi connectivity index (χ3v) is 7.51. The van der Waals surface area contributed by atoms with Gasteiger partial charge in [0, 0.05) is 43.2 Å². The van der Waals surface area contributed by atoms with E-state index < -0.39 is 0 Å². The molecule has 1 amide bonds. The molecule has 5 rings (SSSR count). The zero-order chi connectivity index (χ0) is 26.5. The van der Waals surface area contributed by atoms with Crippen molar-refractivity contribution in [2.75, 3.05) is 26.2 Å². The Morgan fingerprint density at radius 2 is 1.58 bits per heavy atom. The Hall–Kier alpha value is -3.54. The molecule has 0 saturated carbocycles. The molecule has 4 aromatic rings. The molecule has 0 radical (unpaired) electrons. The van der Waals surface area contributed by atoms with Gasteiger partial charge >= 0.3 is 0 Å². The molecule has 6 heteroatoms. The lowest BCUT2D eigenvalue weighted by Crippen LogP contribution is -2.48. The van der Waals surface area contributed by atoms with Crippen molar-refractivity contribution in [1.82, 2.24) is 9.80 Å². The first-order chi connectivity index (χ1) is 18.4. The first-order valence-corrected chi connectivity index (χ1v) is 13.4. The molecular formula is C32H33ClN2O3. The maximum absolute atomic E-state index is 13.0. The molecule has 3 aromatic carbocycles. The van der Waals surface area contributed by atoms with Crippen LogP contribution in [0, 0.1) is 0 Å². The Bertz CT molecular complexity index is 1360. The van der Waals surface area contributed by atoms with Crippen molar-refractivity contribution in [2.45, 2.75) is 32.4 Å². The van der Waals surface area contributed by atoms with Crippen molar-refractivity contribution in [3.8, 4) is 5.75 Å². The second kappa shape index (κ2) is 11.5. The molecule has 0 bridgehead atoms. The van der Waals surface area contributed by atoms with Crippen LogP contribution in [0.2, 0.25) is 5.02 Å². The number of rotatable bonds is 8. The summed E-state index contributed by atoms with van der Waals surface area (Å²) >= 11 is 6.11. The van der Waals surface area contributed by atoms with Crippen molar-refractivity contribution in [2.24, 2.45) is 0 Å². The van der Waals surface area contributed by atoms with E-state index in [4.69, 9.17) is 20.8 Å². The van der Waals surface area contributed by atoms with E-state index in [0.717, 1.165) is 30.4 Å². The number of furan rings is 1. The molecule has 1 saturated heterocycles. The van der Waals surface area contributed by atoms with Gasteiger partial charge in [-0.3, -0.25) is 9.69 Å². The van der Waals surface area contributed by atoms with Crippen molar-refractivity contribution < 1.29 is 13.9 Å². The normalized spacial score (nSPS) is 14.4. The van der Waals surface area contributed by atoms with E-state index in [1.54, 1.807) is 6.07 Å². The van der Waals surface area contributed by atoms with Crippen LogP contribution in [-0.2, 0) is 18.6 Å². The lowest BCUT2D eigenvalue weighted by atomic mass is 9.78. The molecule has 38 heavy (non-hydrogen) atoms. The van der Waals surface area contributed by atoms with Gasteiger partial charge in [-0.15, -0.1) is 0 Å². The second-order valence-corrected chi connectivity index (χ2v) is 10.7. The molecule has 5 nitrogen and oxygen atoms in total. The van der Waals surface area contributed by atoms with Crippen molar-refractivity contribution in [3.05, 3.63) is 124 Å². The number of nitrogens with zero attached hydrogens (tertiary/aromatic N) is 2. The predicted molar refractivity (Wildman–Crippen MR) is 151 cm³/mol. The summed E-state index contributed by atoms with van der Waals surface area (Å²) < 4.78 is 11.8. The van der Waals surface area contributed by atoms with E-state index in [1.165, 1.54) is 16.7 Å². The fraction of sp³-hybridized carbons (Fsp3) is 0.281. The highest BCUT2D eigenvalue weighted by atomic mass is 35.5. The Kier molecular flexibility index (Phi) is 7.87. The van der Waals surface area contributed by atoms with Crippen molar-refractivity contribution >= 4 is 17.5 Å². The summed E-state index contributed by atoms with van der Waals surface area (Å²) in [5.41, 5.74) is 3.57. The third-order valence-electron chi connectivity index (χ3n) is 7.28. The predicted octanol–water partition coefficient (Wildman–Crippen LogP) is 6.80. The number of ether oxygens (including phenoxy) is 1. The van der Waals surface area contributed by atoms with Crippen LogP contribution >= 0.6 is 11.6 Å². The molecular weight excluding hydrogens is 496 g/mol. The van der Waals surface area contributed by atoms with Gasteiger partial charge in [-0.1, -0.05) is 80.0 Å². The van der Waals surface area contributed by atoms with Gasteiger partial charge in [0.15, 0.2) is 5.76 Å². The molecule has 1 aliphatic rings. The van der Waals surface area contributed by atoms with Crippen LogP contribution in [0.1, 0.15) is 46.9 Å². The summed E-state index contributed by atoms with van der Waals surface area (Å²) in [4.78, 5) is 17.2. The number of hydrogen-bond acceptors (Lipinski definition) is 4. The summed E-state index contributed by atoms with van der Waals surface area (Å²) in [6.07, 6.45) is 0. The summed E-state index contributed by atoms with van der Waals surface area (Å²) in [6, 6.07) is 30.1. The quantitative estimate of drug-likeness (QED) is 0.252. The zero-order valence-corrected chi connectivity index (χ0v) is 22.7. The van der Waals surface area contributed by atoms with E-state index in [-0.39, 0.29) is 17.9 Å².